The number of halogens is 1. The first-order chi connectivity index (χ1) is 9.85. The molecular weight excluding hydrogens is 288 g/mol. The highest BCUT2D eigenvalue weighted by Crippen LogP contribution is 2.32. The lowest BCUT2D eigenvalue weighted by molar-refractivity contribution is 0.0635. The maximum atomic E-state index is 12.0. The summed E-state index contributed by atoms with van der Waals surface area (Å²) >= 11 is 6.06. The Morgan fingerprint density at radius 1 is 1.43 bits per heavy atom. The largest absolute Gasteiger partial charge is 0.444 e. The predicted octanol–water partition coefficient (Wildman–Crippen LogP) is 4.15. The molecule has 2 rings (SSSR count). The molecule has 1 saturated heterocycles. The fraction of sp³-hybridized carbons (Fsp3) is 0.562. The third-order valence-electron chi connectivity index (χ3n) is 3.39. The van der Waals surface area contributed by atoms with Crippen molar-refractivity contribution >= 4 is 23.4 Å². The summed E-state index contributed by atoms with van der Waals surface area (Å²) in [5.41, 5.74) is 1.33. The maximum absolute atomic E-state index is 12.0. The van der Waals surface area contributed by atoms with Gasteiger partial charge in [0.15, 0.2) is 0 Å². The van der Waals surface area contributed by atoms with E-state index in [9.17, 15) is 4.79 Å². The van der Waals surface area contributed by atoms with E-state index in [1.807, 2.05) is 32.9 Å². The normalized spacial score (nSPS) is 19.1. The molecule has 2 N–H and O–H groups in total. The Kier molecular flexibility index (Phi) is 5.12. The summed E-state index contributed by atoms with van der Waals surface area (Å²) in [6.45, 7) is 7.51. The molecule has 1 atom stereocenters. The molecule has 4 nitrogen and oxygen atoms in total. The van der Waals surface area contributed by atoms with E-state index < -0.39 is 11.7 Å². The average molecular weight is 311 g/mol. The zero-order valence-electron chi connectivity index (χ0n) is 12.8. The summed E-state index contributed by atoms with van der Waals surface area (Å²) in [6.07, 6.45) is 1.80. The Labute approximate surface area is 131 Å². The van der Waals surface area contributed by atoms with Crippen LogP contribution >= 0.6 is 11.6 Å². The van der Waals surface area contributed by atoms with Gasteiger partial charge in [0.1, 0.15) is 5.60 Å². The molecule has 1 amide bonds. The van der Waals surface area contributed by atoms with E-state index in [-0.39, 0.29) is 0 Å². The molecule has 5 heteroatoms. The molecule has 0 saturated carbocycles. The molecule has 1 heterocycles. The Hall–Kier alpha value is -1.26. The van der Waals surface area contributed by atoms with Gasteiger partial charge in [-0.15, -0.1) is 0 Å². The number of anilines is 1. The van der Waals surface area contributed by atoms with Crippen LogP contribution in [0.1, 0.15) is 45.1 Å². The Morgan fingerprint density at radius 2 is 2.19 bits per heavy atom. The highest BCUT2D eigenvalue weighted by Gasteiger charge is 2.21. The van der Waals surface area contributed by atoms with Crippen molar-refractivity contribution in [1.29, 1.82) is 0 Å². The first-order valence-electron chi connectivity index (χ1n) is 7.35. The van der Waals surface area contributed by atoms with Crippen LogP contribution in [0.15, 0.2) is 18.2 Å². The van der Waals surface area contributed by atoms with Crippen LogP contribution in [0, 0.1) is 0 Å². The van der Waals surface area contributed by atoms with Crippen molar-refractivity contribution in [2.45, 2.75) is 45.1 Å². The van der Waals surface area contributed by atoms with Gasteiger partial charge in [0.2, 0.25) is 0 Å². The fourth-order valence-electron chi connectivity index (χ4n) is 2.52. The van der Waals surface area contributed by atoms with E-state index in [1.165, 1.54) is 0 Å². The fourth-order valence-corrected chi connectivity index (χ4v) is 2.70. The van der Waals surface area contributed by atoms with Crippen LogP contribution in [0.5, 0.6) is 0 Å². The van der Waals surface area contributed by atoms with E-state index in [4.69, 9.17) is 16.3 Å². The second kappa shape index (κ2) is 6.67. The van der Waals surface area contributed by atoms with Gasteiger partial charge in [-0.25, -0.2) is 4.79 Å². The highest BCUT2D eigenvalue weighted by atomic mass is 35.5. The van der Waals surface area contributed by atoms with E-state index in [2.05, 4.69) is 10.6 Å². The van der Waals surface area contributed by atoms with Gasteiger partial charge >= 0.3 is 6.09 Å². The van der Waals surface area contributed by atoms with Crippen molar-refractivity contribution in [2.75, 3.05) is 18.4 Å². The second-order valence-corrected chi connectivity index (χ2v) is 6.84. The van der Waals surface area contributed by atoms with Crippen LogP contribution in [0.2, 0.25) is 5.02 Å². The van der Waals surface area contributed by atoms with Crippen molar-refractivity contribution in [3.05, 3.63) is 28.8 Å². The number of amides is 1. The maximum Gasteiger partial charge on any atom is 0.412 e. The van der Waals surface area contributed by atoms with Crippen molar-refractivity contribution in [3.8, 4) is 0 Å². The first-order valence-corrected chi connectivity index (χ1v) is 7.73. The molecule has 116 valence electrons. The number of benzene rings is 1. The molecule has 21 heavy (non-hydrogen) atoms. The SMILES string of the molecule is CC(C)(C)OC(=O)Nc1cc(Cl)ccc1C1CCCNC1. The molecule has 1 aliphatic rings. The van der Waals surface area contributed by atoms with Gasteiger partial charge in [0.25, 0.3) is 0 Å². The molecule has 0 radical (unpaired) electrons. The molecule has 0 spiro atoms. The van der Waals surface area contributed by atoms with Gasteiger partial charge in [-0.1, -0.05) is 17.7 Å². The number of nitrogens with one attached hydrogen (secondary N) is 2. The van der Waals surface area contributed by atoms with Crippen LogP contribution < -0.4 is 10.6 Å². The van der Waals surface area contributed by atoms with Gasteiger partial charge in [-0.2, -0.15) is 0 Å². The van der Waals surface area contributed by atoms with Crippen LogP contribution in [-0.4, -0.2) is 24.8 Å². The highest BCUT2D eigenvalue weighted by molar-refractivity contribution is 6.31. The lowest BCUT2D eigenvalue weighted by Crippen LogP contribution is -2.30. The van der Waals surface area contributed by atoms with E-state index in [0.717, 1.165) is 37.2 Å². The second-order valence-electron chi connectivity index (χ2n) is 6.40. The number of hydrogen-bond acceptors (Lipinski definition) is 3. The summed E-state index contributed by atoms with van der Waals surface area (Å²) in [7, 11) is 0. The van der Waals surface area contributed by atoms with Gasteiger partial charge < -0.3 is 10.1 Å². The van der Waals surface area contributed by atoms with Gasteiger partial charge in [-0.3, -0.25) is 5.32 Å². The minimum Gasteiger partial charge on any atom is -0.444 e. The number of ether oxygens (including phenoxy) is 1. The van der Waals surface area contributed by atoms with Crippen LogP contribution in [0.4, 0.5) is 10.5 Å². The standard InChI is InChI=1S/C16H23ClN2O2/c1-16(2,3)21-15(20)19-14-9-12(17)6-7-13(14)11-5-4-8-18-10-11/h6-7,9,11,18H,4-5,8,10H2,1-3H3,(H,19,20). The molecule has 1 aliphatic heterocycles. The van der Waals surface area contributed by atoms with Gasteiger partial charge in [0, 0.05) is 17.3 Å². The number of hydrogen-bond donors (Lipinski definition) is 2. The number of rotatable bonds is 2. The third kappa shape index (κ3) is 4.90. The van der Waals surface area contributed by atoms with Gasteiger partial charge in [0.05, 0.1) is 0 Å². The minimum atomic E-state index is -0.519. The number of piperidine rings is 1. The first kappa shape index (κ1) is 16.1. The van der Waals surface area contributed by atoms with Crippen molar-refractivity contribution in [2.24, 2.45) is 0 Å². The predicted molar refractivity (Wildman–Crippen MR) is 86.2 cm³/mol. The summed E-state index contributed by atoms with van der Waals surface area (Å²) < 4.78 is 5.32. The van der Waals surface area contributed by atoms with Crippen LogP contribution in [0.25, 0.3) is 0 Å². The summed E-state index contributed by atoms with van der Waals surface area (Å²) in [5.74, 6) is 0.390. The molecule has 1 aromatic carbocycles. The minimum absolute atomic E-state index is 0.390. The smallest absolute Gasteiger partial charge is 0.412 e. The number of carbonyl (C=O) groups is 1. The Morgan fingerprint density at radius 3 is 2.81 bits per heavy atom. The molecule has 1 fully saturated rings. The lowest BCUT2D eigenvalue weighted by Gasteiger charge is -2.26. The van der Waals surface area contributed by atoms with Gasteiger partial charge in [-0.05, 0) is 63.8 Å². The monoisotopic (exact) mass is 310 g/mol. The van der Waals surface area contributed by atoms with Crippen molar-refractivity contribution in [1.82, 2.24) is 5.32 Å². The molecule has 0 bridgehead atoms. The third-order valence-corrected chi connectivity index (χ3v) is 3.62. The number of carbonyl (C=O) groups excluding carboxylic acids is 1. The van der Waals surface area contributed by atoms with E-state index in [0.29, 0.717) is 10.9 Å². The quantitative estimate of drug-likeness (QED) is 0.862. The average Bonchev–Trinajstić information content (AvgIpc) is 2.37. The van der Waals surface area contributed by atoms with E-state index >= 15 is 0 Å². The molecular formula is C16H23ClN2O2. The van der Waals surface area contributed by atoms with Crippen LogP contribution in [0.3, 0.4) is 0 Å². The lowest BCUT2D eigenvalue weighted by atomic mass is 9.90. The zero-order chi connectivity index (χ0) is 15.5. The summed E-state index contributed by atoms with van der Waals surface area (Å²) in [6, 6.07) is 5.65. The van der Waals surface area contributed by atoms with Crippen molar-refractivity contribution < 1.29 is 9.53 Å². The zero-order valence-corrected chi connectivity index (χ0v) is 13.6. The Balaban J connectivity index is 2.17. The van der Waals surface area contributed by atoms with E-state index in [1.54, 1.807) is 6.07 Å². The molecule has 1 aromatic rings. The topological polar surface area (TPSA) is 50.4 Å². The summed E-state index contributed by atoms with van der Waals surface area (Å²) in [4.78, 5) is 12.0. The molecule has 0 aliphatic carbocycles. The Bertz CT molecular complexity index is 505. The molecule has 1 unspecified atom stereocenters. The van der Waals surface area contributed by atoms with Crippen LogP contribution in [-0.2, 0) is 4.74 Å². The molecule has 0 aromatic heterocycles. The summed E-state index contributed by atoms with van der Waals surface area (Å²) in [5, 5.41) is 6.83. The van der Waals surface area contributed by atoms with Crippen molar-refractivity contribution in [3.63, 3.8) is 0 Å².